The van der Waals surface area contributed by atoms with Gasteiger partial charge in [0.25, 0.3) is 5.79 Å². The van der Waals surface area contributed by atoms with Crippen molar-refractivity contribution in [3.63, 3.8) is 0 Å². The van der Waals surface area contributed by atoms with Crippen molar-refractivity contribution in [2.75, 3.05) is 13.2 Å². The monoisotopic (exact) mass is 446 g/mol. The Hall–Kier alpha value is -0.730. The molecule has 0 aromatic heterocycles. The lowest BCUT2D eigenvalue weighted by molar-refractivity contribution is -0.335. The van der Waals surface area contributed by atoms with Gasteiger partial charge in [0.2, 0.25) is 0 Å². The van der Waals surface area contributed by atoms with E-state index >= 15 is 0 Å². The Balaban J connectivity index is 1.99. The summed E-state index contributed by atoms with van der Waals surface area (Å²) in [6.45, 7) is 1.13. The second kappa shape index (κ2) is 16.8. The topological polar surface area (TPSA) is 116 Å². The molecule has 184 valence electrons. The smallest absolute Gasteiger partial charge is 0.308 e. The molecule has 1 fully saturated rings. The largest absolute Gasteiger partial charge is 0.427 e. The molecule has 1 aliphatic heterocycles. The summed E-state index contributed by atoms with van der Waals surface area (Å²) < 4.78 is 10.3. The molecule has 1 aliphatic rings. The van der Waals surface area contributed by atoms with Crippen molar-refractivity contribution >= 4 is 5.97 Å². The molecule has 1 heterocycles. The van der Waals surface area contributed by atoms with Crippen molar-refractivity contribution in [3.8, 4) is 0 Å². The average Bonchev–Trinajstić information content (AvgIpc) is 2.77. The van der Waals surface area contributed by atoms with Crippen molar-refractivity contribution in [2.45, 2.75) is 134 Å². The van der Waals surface area contributed by atoms with E-state index in [-0.39, 0.29) is 13.0 Å². The molecule has 0 amide bonds. The summed E-state index contributed by atoms with van der Waals surface area (Å²) >= 11 is 0. The van der Waals surface area contributed by atoms with Gasteiger partial charge in [0.05, 0.1) is 6.61 Å². The zero-order chi connectivity index (χ0) is 23.0. The van der Waals surface area contributed by atoms with E-state index in [1.807, 2.05) is 0 Å². The predicted octanol–water partition coefficient (Wildman–Crippen LogP) is 3.59. The molecule has 0 aromatic rings. The number of hydrogen-bond donors (Lipinski definition) is 4. The molecule has 4 N–H and O–H groups in total. The second-order valence-corrected chi connectivity index (χ2v) is 8.96. The Labute approximate surface area is 188 Å². The summed E-state index contributed by atoms with van der Waals surface area (Å²) in [6.07, 6.45) is 14.2. The Morgan fingerprint density at radius 3 is 1.74 bits per heavy atom. The number of aliphatic hydroxyl groups is 4. The molecule has 31 heavy (non-hydrogen) atoms. The van der Waals surface area contributed by atoms with E-state index in [1.165, 1.54) is 77.0 Å². The van der Waals surface area contributed by atoms with Crippen LogP contribution in [0.2, 0.25) is 0 Å². The van der Waals surface area contributed by atoms with E-state index in [1.54, 1.807) is 0 Å². The Bertz CT molecular complexity index is 459. The molecule has 1 unspecified atom stereocenters. The SMILES string of the molecule is CCCCCCCCCCCCCCCCCC(=O)OC1(CO)OC[C@@H](O)[C@H](O)[C@H]1O. The highest BCUT2D eigenvalue weighted by Gasteiger charge is 2.52. The highest BCUT2D eigenvalue weighted by atomic mass is 16.7. The molecule has 0 aliphatic carbocycles. The zero-order valence-corrected chi connectivity index (χ0v) is 19.5. The van der Waals surface area contributed by atoms with Gasteiger partial charge in [0.1, 0.15) is 18.8 Å². The molecule has 0 spiro atoms. The maximum atomic E-state index is 12.1. The highest BCUT2D eigenvalue weighted by Crippen LogP contribution is 2.28. The first-order chi connectivity index (χ1) is 15.0. The van der Waals surface area contributed by atoms with Crippen LogP contribution in [0.4, 0.5) is 0 Å². The van der Waals surface area contributed by atoms with Gasteiger partial charge in [-0.15, -0.1) is 0 Å². The lowest BCUT2D eigenvalue weighted by Crippen LogP contribution is -2.64. The number of carbonyl (C=O) groups is 1. The first-order valence-corrected chi connectivity index (χ1v) is 12.5. The zero-order valence-electron chi connectivity index (χ0n) is 19.5. The van der Waals surface area contributed by atoms with E-state index < -0.39 is 36.7 Å². The van der Waals surface area contributed by atoms with Crippen LogP contribution in [0.5, 0.6) is 0 Å². The number of hydrogen-bond acceptors (Lipinski definition) is 7. The number of carbonyl (C=O) groups excluding carboxylic acids is 1. The van der Waals surface area contributed by atoms with Crippen LogP contribution in [-0.2, 0) is 14.3 Å². The van der Waals surface area contributed by atoms with E-state index in [0.29, 0.717) is 6.42 Å². The van der Waals surface area contributed by atoms with Gasteiger partial charge in [-0.3, -0.25) is 4.79 Å². The third-order valence-electron chi connectivity index (χ3n) is 6.16. The number of aliphatic hydroxyl groups excluding tert-OH is 4. The molecule has 1 rings (SSSR count). The lowest BCUT2D eigenvalue weighted by atomic mass is 9.97. The molecular formula is C24H46O7. The lowest BCUT2D eigenvalue weighted by Gasteiger charge is -2.43. The first kappa shape index (κ1) is 28.3. The number of rotatable bonds is 18. The summed E-state index contributed by atoms with van der Waals surface area (Å²) in [6, 6.07) is 0. The van der Waals surface area contributed by atoms with Crippen LogP contribution < -0.4 is 0 Å². The first-order valence-electron chi connectivity index (χ1n) is 12.5. The third kappa shape index (κ3) is 11.1. The summed E-state index contributed by atoms with van der Waals surface area (Å²) in [4.78, 5) is 12.1. The Kier molecular flexibility index (Phi) is 15.4. The normalized spacial score (nSPS) is 26.2. The quantitative estimate of drug-likeness (QED) is 0.188. The molecule has 0 saturated carbocycles. The molecule has 7 nitrogen and oxygen atoms in total. The molecule has 1 saturated heterocycles. The second-order valence-electron chi connectivity index (χ2n) is 8.96. The van der Waals surface area contributed by atoms with E-state index in [0.717, 1.165) is 12.8 Å². The van der Waals surface area contributed by atoms with Gasteiger partial charge in [0.15, 0.2) is 6.10 Å². The van der Waals surface area contributed by atoms with Gasteiger partial charge < -0.3 is 29.9 Å². The van der Waals surface area contributed by atoms with Crippen molar-refractivity contribution < 1.29 is 34.7 Å². The van der Waals surface area contributed by atoms with Gasteiger partial charge in [-0.2, -0.15) is 0 Å². The van der Waals surface area contributed by atoms with Gasteiger partial charge >= 0.3 is 5.97 Å². The van der Waals surface area contributed by atoms with Crippen molar-refractivity contribution in [1.29, 1.82) is 0 Å². The van der Waals surface area contributed by atoms with Crippen LogP contribution in [0.1, 0.15) is 110 Å². The molecule has 0 radical (unpaired) electrons. The van der Waals surface area contributed by atoms with Crippen LogP contribution in [0.25, 0.3) is 0 Å². The van der Waals surface area contributed by atoms with Crippen LogP contribution in [0.3, 0.4) is 0 Å². The maximum Gasteiger partial charge on any atom is 0.308 e. The Morgan fingerprint density at radius 1 is 0.839 bits per heavy atom. The summed E-state index contributed by atoms with van der Waals surface area (Å²) in [5, 5.41) is 38.8. The fourth-order valence-electron chi connectivity index (χ4n) is 4.03. The summed E-state index contributed by atoms with van der Waals surface area (Å²) in [5.74, 6) is -2.60. The van der Waals surface area contributed by atoms with Gasteiger partial charge in [-0.05, 0) is 6.42 Å². The van der Waals surface area contributed by atoms with Crippen LogP contribution >= 0.6 is 0 Å². The Morgan fingerprint density at radius 2 is 1.29 bits per heavy atom. The fourth-order valence-corrected chi connectivity index (χ4v) is 4.03. The number of esters is 1. The van der Waals surface area contributed by atoms with E-state index in [4.69, 9.17) is 9.47 Å². The van der Waals surface area contributed by atoms with Crippen molar-refractivity contribution in [3.05, 3.63) is 0 Å². The molecule has 0 aromatic carbocycles. The van der Waals surface area contributed by atoms with Gasteiger partial charge in [-0.1, -0.05) is 96.8 Å². The molecular weight excluding hydrogens is 400 g/mol. The minimum atomic E-state index is -2.01. The summed E-state index contributed by atoms with van der Waals surface area (Å²) in [5.41, 5.74) is 0. The number of ether oxygens (including phenoxy) is 2. The van der Waals surface area contributed by atoms with Crippen LogP contribution in [0, 0.1) is 0 Å². The van der Waals surface area contributed by atoms with Crippen molar-refractivity contribution in [2.24, 2.45) is 0 Å². The third-order valence-corrected chi connectivity index (χ3v) is 6.16. The van der Waals surface area contributed by atoms with E-state index in [9.17, 15) is 25.2 Å². The number of unbranched alkanes of at least 4 members (excludes halogenated alkanes) is 14. The van der Waals surface area contributed by atoms with Crippen LogP contribution in [0.15, 0.2) is 0 Å². The minimum Gasteiger partial charge on any atom is -0.427 e. The minimum absolute atomic E-state index is 0.161. The van der Waals surface area contributed by atoms with Gasteiger partial charge in [0, 0.05) is 6.42 Å². The average molecular weight is 447 g/mol. The molecule has 4 atom stereocenters. The fraction of sp³-hybridized carbons (Fsp3) is 0.958. The van der Waals surface area contributed by atoms with Gasteiger partial charge in [-0.25, -0.2) is 0 Å². The summed E-state index contributed by atoms with van der Waals surface area (Å²) in [7, 11) is 0. The molecule has 0 bridgehead atoms. The predicted molar refractivity (Wildman–Crippen MR) is 119 cm³/mol. The van der Waals surface area contributed by atoms with Crippen molar-refractivity contribution in [1.82, 2.24) is 0 Å². The van der Waals surface area contributed by atoms with Crippen LogP contribution in [-0.4, -0.2) is 63.7 Å². The standard InChI is InChI=1S/C24H46O7/c1-2-3-4-5-6-7-8-9-10-11-12-13-14-15-16-17-21(27)31-24(19-25)23(29)22(28)20(26)18-30-24/h20,22-23,25-26,28-29H,2-19H2,1H3/t20-,22+,23-,24?/m1/s1. The van der Waals surface area contributed by atoms with E-state index in [2.05, 4.69) is 6.92 Å². The maximum absolute atomic E-state index is 12.1. The highest BCUT2D eigenvalue weighted by molar-refractivity contribution is 5.69. The molecule has 7 heteroatoms.